The fraction of sp³-hybridized carbons (Fsp3) is 0.562. The average molecular weight is 311 g/mol. The average Bonchev–Trinajstić information content (AvgIpc) is 2.49. The number of aryl methyl sites for hydroxylation is 1. The van der Waals surface area contributed by atoms with Crippen LogP contribution in [0.2, 0.25) is 5.02 Å². The van der Waals surface area contributed by atoms with Gasteiger partial charge in [0.1, 0.15) is 5.75 Å². The Labute approximate surface area is 131 Å². The van der Waals surface area contributed by atoms with Gasteiger partial charge in [-0.25, -0.2) is 0 Å². The van der Waals surface area contributed by atoms with Crippen LogP contribution >= 0.6 is 11.6 Å². The summed E-state index contributed by atoms with van der Waals surface area (Å²) in [6.07, 6.45) is 0. The summed E-state index contributed by atoms with van der Waals surface area (Å²) in [6.45, 7) is 8.60. The number of benzene rings is 1. The van der Waals surface area contributed by atoms with Crippen molar-refractivity contribution < 1.29 is 9.53 Å². The summed E-state index contributed by atoms with van der Waals surface area (Å²) < 4.78 is 5.34. The molecule has 0 spiro atoms. The van der Waals surface area contributed by atoms with Gasteiger partial charge in [0.15, 0.2) is 5.78 Å². The Morgan fingerprint density at radius 2 is 2.10 bits per heavy atom. The van der Waals surface area contributed by atoms with Crippen LogP contribution < -0.4 is 10.1 Å². The summed E-state index contributed by atoms with van der Waals surface area (Å²) in [5.74, 6) is 0.622. The topological polar surface area (TPSA) is 41.6 Å². The van der Waals surface area contributed by atoms with Crippen molar-refractivity contribution in [2.24, 2.45) is 5.92 Å². The Kier molecular flexibility index (Phi) is 5.62. The van der Waals surface area contributed by atoms with Crippen LogP contribution in [-0.2, 0) is 0 Å². The minimum absolute atomic E-state index is 0.0734. The number of Topliss-reactive ketones (excluding diaryl/α,β-unsaturated/α-hetero) is 1. The molecule has 0 aromatic heterocycles. The summed E-state index contributed by atoms with van der Waals surface area (Å²) in [5.41, 5.74) is 1.50. The largest absolute Gasteiger partial charge is 0.496 e. The molecular weight excluding hydrogens is 288 g/mol. The minimum atomic E-state index is -0.0734. The van der Waals surface area contributed by atoms with E-state index in [-0.39, 0.29) is 11.7 Å². The molecule has 0 saturated carbocycles. The Hall–Kier alpha value is -1.10. The summed E-state index contributed by atoms with van der Waals surface area (Å²) in [7, 11) is 1.58. The summed E-state index contributed by atoms with van der Waals surface area (Å²) in [6, 6.07) is 3.55. The molecule has 1 unspecified atom stereocenters. The van der Waals surface area contributed by atoms with Gasteiger partial charge in [-0.3, -0.25) is 4.79 Å². The second-order valence-corrected chi connectivity index (χ2v) is 6.02. The molecule has 1 atom stereocenters. The highest BCUT2D eigenvalue weighted by molar-refractivity contribution is 6.31. The molecule has 1 aromatic rings. The van der Waals surface area contributed by atoms with E-state index in [0.717, 1.165) is 38.3 Å². The predicted molar refractivity (Wildman–Crippen MR) is 85.5 cm³/mol. The molecule has 1 aliphatic rings. The van der Waals surface area contributed by atoms with Gasteiger partial charge in [0.05, 0.1) is 12.7 Å². The van der Waals surface area contributed by atoms with Crippen LogP contribution in [0.1, 0.15) is 22.8 Å². The highest BCUT2D eigenvalue weighted by Crippen LogP contribution is 2.28. The third kappa shape index (κ3) is 3.96. The molecular formula is C16H23ClN2O2. The molecule has 4 nitrogen and oxygen atoms in total. The van der Waals surface area contributed by atoms with Gasteiger partial charge in [-0.2, -0.15) is 0 Å². The molecule has 0 bridgehead atoms. The van der Waals surface area contributed by atoms with Crippen molar-refractivity contribution >= 4 is 17.4 Å². The van der Waals surface area contributed by atoms with Gasteiger partial charge in [0.25, 0.3) is 0 Å². The van der Waals surface area contributed by atoms with E-state index < -0.39 is 0 Å². The number of halogens is 1. The maximum atomic E-state index is 12.7. The van der Waals surface area contributed by atoms with Crippen LogP contribution in [-0.4, -0.2) is 50.5 Å². The highest BCUT2D eigenvalue weighted by Gasteiger charge is 2.23. The Morgan fingerprint density at radius 3 is 2.71 bits per heavy atom. The SMILES string of the molecule is COc1cc(C)c(Cl)cc1C(=O)C(C)CN1CCNCC1. The zero-order chi connectivity index (χ0) is 15.4. The van der Waals surface area contributed by atoms with E-state index in [9.17, 15) is 4.79 Å². The van der Waals surface area contributed by atoms with Crippen LogP contribution in [0.25, 0.3) is 0 Å². The van der Waals surface area contributed by atoms with Crippen molar-refractivity contribution in [3.63, 3.8) is 0 Å². The van der Waals surface area contributed by atoms with Gasteiger partial charge >= 0.3 is 0 Å². The lowest BCUT2D eigenvalue weighted by Gasteiger charge is -2.29. The fourth-order valence-corrected chi connectivity index (χ4v) is 2.81. The molecule has 1 heterocycles. The minimum Gasteiger partial charge on any atom is -0.496 e. The Bertz CT molecular complexity index is 513. The van der Waals surface area contributed by atoms with Crippen molar-refractivity contribution in [3.05, 3.63) is 28.3 Å². The molecule has 0 radical (unpaired) electrons. The molecule has 1 fully saturated rings. The lowest BCUT2D eigenvalue weighted by molar-refractivity contribution is 0.0884. The van der Waals surface area contributed by atoms with E-state index in [4.69, 9.17) is 16.3 Å². The van der Waals surface area contributed by atoms with Crippen LogP contribution in [0.4, 0.5) is 0 Å². The van der Waals surface area contributed by atoms with Crippen LogP contribution in [0, 0.1) is 12.8 Å². The van der Waals surface area contributed by atoms with E-state index >= 15 is 0 Å². The molecule has 1 N–H and O–H groups in total. The maximum Gasteiger partial charge on any atom is 0.170 e. The molecule has 1 aliphatic heterocycles. The number of ketones is 1. The van der Waals surface area contributed by atoms with Crippen molar-refractivity contribution in [2.75, 3.05) is 39.8 Å². The zero-order valence-corrected chi connectivity index (χ0v) is 13.7. The fourth-order valence-electron chi connectivity index (χ4n) is 2.65. The van der Waals surface area contributed by atoms with Crippen molar-refractivity contribution in [1.29, 1.82) is 0 Å². The quantitative estimate of drug-likeness (QED) is 0.848. The maximum absolute atomic E-state index is 12.7. The number of hydrogen-bond donors (Lipinski definition) is 1. The number of methoxy groups -OCH3 is 1. The third-order valence-electron chi connectivity index (χ3n) is 3.94. The number of piperazine rings is 1. The van der Waals surface area contributed by atoms with Crippen molar-refractivity contribution in [2.45, 2.75) is 13.8 Å². The van der Waals surface area contributed by atoms with Crippen LogP contribution in [0.3, 0.4) is 0 Å². The van der Waals surface area contributed by atoms with Gasteiger partial charge in [0.2, 0.25) is 0 Å². The first-order valence-electron chi connectivity index (χ1n) is 7.34. The summed E-state index contributed by atoms with van der Waals surface area (Å²) in [5, 5.41) is 3.92. The summed E-state index contributed by atoms with van der Waals surface area (Å²) >= 11 is 6.16. The lowest BCUT2D eigenvalue weighted by atomic mass is 9.96. The van der Waals surface area contributed by atoms with Crippen LogP contribution in [0.15, 0.2) is 12.1 Å². The van der Waals surface area contributed by atoms with Gasteiger partial charge in [-0.15, -0.1) is 0 Å². The number of rotatable bonds is 5. The molecule has 5 heteroatoms. The second kappa shape index (κ2) is 7.25. The van der Waals surface area contributed by atoms with Gasteiger partial charge in [-0.05, 0) is 24.6 Å². The predicted octanol–water partition coefficient (Wildman–Crippen LogP) is 2.38. The van der Waals surface area contributed by atoms with Gasteiger partial charge in [-0.1, -0.05) is 18.5 Å². The first kappa shape index (κ1) is 16.3. The van der Waals surface area contributed by atoms with Gasteiger partial charge < -0.3 is 15.0 Å². The number of carbonyl (C=O) groups is 1. The summed E-state index contributed by atoms with van der Waals surface area (Å²) in [4.78, 5) is 15.0. The van der Waals surface area contributed by atoms with E-state index in [1.54, 1.807) is 13.2 Å². The van der Waals surface area contributed by atoms with Gasteiger partial charge in [0, 0.05) is 43.7 Å². The zero-order valence-electron chi connectivity index (χ0n) is 12.9. The van der Waals surface area contributed by atoms with E-state index in [1.165, 1.54) is 0 Å². The highest BCUT2D eigenvalue weighted by atomic mass is 35.5. The van der Waals surface area contributed by atoms with Crippen LogP contribution in [0.5, 0.6) is 5.75 Å². The second-order valence-electron chi connectivity index (χ2n) is 5.62. The molecule has 21 heavy (non-hydrogen) atoms. The lowest BCUT2D eigenvalue weighted by Crippen LogP contribution is -2.45. The standard InChI is InChI=1S/C16H23ClN2O2/c1-11-8-15(21-3)13(9-14(11)17)16(20)12(2)10-19-6-4-18-5-7-19/h8-9,12,18H,4-7,10H2,1-3H3. The number of nitrogens with zero attached hydrogens (tertiary/aromatic N) is 1. The third-order valence-corrected chi connectivity index (χ3v) is 4.34. The van der Waals surface area contributed by atoms with E-state index in [0.29, 0.717) is 16.3 Å². The van der Waals surface area contributed by atoms with E-state index in [2.05, 4.69) is 10.2 Å². The van der Waals surface area contributed by atoms with Crippen molar-refractivity contribution in [1.82, 2.24) is 10.2 Å². The van der Waals surface area contributed by atoms with E-state index in [1.807, 2.05) is 19.9 Å². The molecule has 116 valence electrons. The number of ether oxygens (including phenoxy) is 1. The smallest absolute Gasteiger partial charge is 0.170 e. The Morgan fingerprint density at radius 1 is 1.43 bits per heavy atom. The molecule has 0 aliphatic carbocycles. The Balaban J connectivity index is 2.12. The van der Waals surface area contributed by atoms with Crippen molar-refractivity contribution in [3.8, 4) is 5.75 Å². The molecule has 2 rings (SSSR count). The number of hydrogen-bond acceptors (Lipinski definition) is 4. The number of nitrogens with one attached hydrogen (secondary N) is 1. The normalized spacial score (nSPS) is 17.5. The monoisotopic (exact) mass is 310 g/mol. The molecule has 1 aromatic carbocycles. The first-order valence-corrected chi connectivity index (χ1v) is 7.72. The first-order chi connectivity index (χ1) is 10.0. The molecule has 1 saturated heterocycles. The molecule has 0 amide bonds. The number of carbonyl (C=O) groups excluding carboxylic acids is 1.